The average Bonchev–Trinajstić information content (AvgIpc) is 2.59. The maximum Gasteiger partial charge on any atom is 0.151 e. The highest BCUT2D eigenvalue weighted by Crippen LogP contribution is 2.45. The highest BCUT2D eigenvalue weighted by Gasteiger charge is 2.24. The Hall–Kier alpha value is -2.04. The standard InChI is InChI=1S/C18H20N2O2/c1-3-7-17-15(5-1)20(10-9-19-11-13-21-14-12-19)16-6-2-4-8-18(16)22-17/h1-8H,9-14H2. The number of para-hydroxylation sites is 4. The number of benzene rings is 2. The van der Waals surface area contributed by atoms with Gasteiger partial charge in [0.25, 0.3) is 0 Å². The smallest absolute Gasteiger partial charge is 0.151 e. The fourth-order valence-electron chi connectivity index (χ4n) is 3.09. The molecule has 1 fully saturated rings. The molecule has 2 aliphatic rings. The summed E-state index contributed by atoms with van der Waals surface area (Å²) >= 11 is 0. The van der Waals surface area contributed by atoms with Crippen LogP contribution in [0, 0.1) is 0 Å². The van der Waals surface area contributed by atoms with Gasteiger partial charge in [0.2, 0.25) is 0 Å². The number of anilines is 2. The second-order valence-electron chi connectivity index (χ2n) is 5.64. The molecule has 2 aromatic carbocycles. The Morgan fingerprint density at radius 1 is 0.773 bits per heavy atom. The molecule has 2 aromatic rings. The normalized spacial score (nSPS) is 17.5. The predicted octanol–water partition coefficient (Wildman–Crippen LogP) is 3.26. The fourth-order valence-corrected chi connectivity index (χ4v) is 3.09. The molecule has 1 saturated heterocycles. The zero-order valence-electron chi connectivity index (χ0n) is 12.6. The number of morpholine rings is 1. The minimum Gasteiger partial charge on any atom is -0.453 e. The topological polar surface area (TPSA) is 24.9 Å². The Kier molecular flexibility index (Phi) is 3.70. The summed E-state index contributed by atoms with van der Waals surface area (Å²) in [5.41, 5.74) is 2.30. The summed E-state index contributed by atoms with van der Waals surface area (Å²) in [5, 5.41) is 0. The van der Waals surface area contributed by atoms with Gasteiger partial charge in [-0.1, -0.05) is 24.3 Å². The van der Waals surface area contributed by atoms with Crippen LogP contribution in [0.15, 0.2) is 48.5 Å². The highest BCUT2D eigenvalue weighted by molar-refractivity contribution is 5.77. The third-order valence-corrected chi connectivity index (χ3v) is 4.28. The predicted molar refractivity (Wildman–Crippen MR) is 87.2 cm³/mol. The van der Waals surface area contributed by atoms with Crippen LogP contribution in [-0.2, 0) is 4.74 Å². The second kappa shape index (κ2) is 5.99. The van der Waals surface area contributed by atoms with Crippen LogP contribution in [0.25, 0.3) is 0 Å². The maximum atomic E-state index is 6.02. The van der Waals surface area contributed by atoms with Gasteiger partial charge in [0, 0.05) is 26.2 Å². The molecule has 0 amide bonds. The van der Waals surface area contributed by atoms with Crippen molar-refractivity contribution < 1.29 is 9.47 Å². The summed E-state index contributed by atoms with van der Waals surface area (Å²) in [4.78, 5) is 4.83. The summed E-state index contributed by atoms with van der Waals surface area (Å²) in [5.74, 6) is 1.87. The van der Waals surface area contributed by atoms with E-state index in [4.69, 9.17) is 9.47 Å². The fraction of sp³-hybridized carbons (Fsp3) is 0.333. The van der Waals surface area contributed by atoms with Crippen molar-refractivity contribution >= 4 is 11.4 Å². The molecule has 0 N–H and O–H groups in total. The van der Waals surface area contributed by atoms with Crippen molar-refractivity contribution in [3.8, 4) is 11.5 Å². The number of ether oxygens (including phenoxy) is 2. The molecule has 0 spiro atoms. The molecule has 0 radical (unpaired) electrons. The molecular formula is C18H20N2O2. The molecule has 114 valence electrons. The van der Waals surface area contributed by atoms with E-state index in [2.05, 4.69) is 34.1 Å². The van der Waals surface area contributed by atoms with Gasteiger partial charge in [0.05, 0.1) is 24.6 Å². The van der Waals surface area contributed by atoms with E-state index in [0.717, 1.165) is 62.3 Å². The first-order chi connectivity index (χ1) is 10.9. The minimum absolute atomic E-state index is 0.844. The first-order valence-corrected chi connectivity index (χ1v) is 7.85. The lowest BCUT2D eigenvalue weighted by molar-refractivity contribution is 0.0394. The third kappa shape index (κ3) is 2.56. The molecule has 0 saturated carbocycles. The monoisotopic (exact) mass is 296 g/mol. The average molecular weight is 296 g/mol. The third-order valence-electron chi connectivity index (χ3n) is 4.28. The van der Waals surface area contributed by atoms with Crippen LogP contribution < -0.4 is 9.64 Å². The van der Waals surface area contributed by atoms with Gasteiger partial charge in [-0.05, 0) is 24.3 Å². The van der Waals surface area contributed by atoms with E-state index in [1.165, 1.54) is 0 Å². The molecule has 0 aliphatic carbocycles. The van der Waals surface area contributed by atoms with E-state index in [1.54, 1.807) is 0 Å². The van der Waals surface area contributed by atoms with E-state index in [0.29, 0.717) is 0 Å². The van der Waals surface area contributed by atoms with Crippen molar-refractivity contribution in [3.05, 3.63) is 48.5 Å². The van der Waals surface area contributed by atoms with Crippen molar-refractivity contribution in [1.29, 1.82) is 0 Å². The Labute approximate surface area is 130 Å². The molecule has 2 heterocycles. The number of fused-ring (bicyclic) bond motifs is 2. The Balaban J connectivity index is 1.60. The molecule has 4 rings (SSSR count). The summed E-state index contributed by atoms with van der Waals surface area (Å²) < 4.78 is 11.5. The largest absolute Gasteiger partial charge is 0.453 e. The van der Waals surface area contributed by atoms with Gasteiger partial charge in [-0.3, -0.25) is 4.90 Å². The van der Waals surface area contributed by atoms with Crippen LogP contribution in [0.5, 0.6) is 11.5 Å². The van der Waals surface area contributed by atoms with Crippen LogP contribution in [0.3, 0.4) is 0 Å². The maximum absolute atomic E-state index is 6.02. The zero-order valence-corrected chi connectivity index (χ0v) is 12.6. The molecule has 0 unspecified atom stereocenters. The van der Waals surface area contributed by atoms with Gasteiger partial charge in [0.15, 0.2) is 11.5 Å². The van der Waals surface area contributed by atoms with Crippen LogP contribution in [-0.4, -0.2) is 44.3 Å². The van der Waals surface area contributed by atoms with Gasteiger partial charge in [0.1, 0.15) is 0 Å². The molecular weight excluding hydrogens is 276 g/mol. The van der Waals surface area contributed by atoms with E-state index in [1.807, 2.05) is 24.3 Å². The molecule has 2 aliphatic heterocycles. The number of nitrogens with zero attached hydrogens (tertiary/aromatic N) is 2. The summed E-state index contributed by atoms with van der Waals surface area (Å²) in [7, 11) is 0. The SMILES string of the molecule is c1ccc2c(c1)Oc1ccccc1N2CCN1CCOCC1. The molecule has 0 bridgehead atoms. The number of hydrogen-bond acceptors (Lipinski definition) is 4. The van der Waals surface area contributed by atoms with Crippen molar-refractivity contribution in [3.63, 3.8) is 0 Å². The number of rotatable bonds is 3. The lowest BCUT2D eigenvalue weighted by Crippen LogP contribution is -2.40. The molecule has 4 nitrogen and oxygen atoms in total. The van der Waals surface area contributed by atoms with Gasteiger partial charge in [-0.15, -0.1) is 0 Å². The van der Waals surface area contributed by atoms with Crippen LogP contribution in [0.4, 0.5) is 11.4 Å². The van der Waals surface area contributed by atoms with E-state index in [-0.39, 0.29) is 0 Å². The summed E-state index contributed by atoms with van der Waals surface area (Å²) in [6.07, 6.45) is 0. The second-order valence-corrected chi connectivity index (χ2v) is 5.64. The Bertz CT molecular complexity index is 608. The zero-order chi connectivity index (χ0) is 14.8. The van der Waals surface area contributed by atoms with Gasteiger partial charge in [-0.2, -0.15) is 0 Å². The van der Waals surface area contributed by atoms with Crippen molar-refractivity contribution in [2.24, 2.45) is 0 Å². The van der Waals surface area contributed by atoms with Gasteiger partial charge in [-0.25, -0.2) is 0 Å². The lowest BCUT2D eigenvalue weighted by Gasteiger charge is -2.35. The Morgan fingerprint density at radius 2 is 1.36 bits per heavy atom. The lowest BCUT2D eigenvalue weighted by atomic mass is 10.1. The summed E-state index contributed by atoms with van der Waals surface area (Å²) in [6, 6.07) is 16.5. The molecule has 0 aromatic heterocycles. The van der Waals surface area contributed by atoms with Crippen molar-refractivity contribution in [1.82, 2.24) is 4.90 Å². The van der Waals surface area contributed by atoms with Crippen molar-refractivity contribution in [2.75, 3.05) is 44.3 Å². The highest BCUT2D eigenvalue weighted by atomic mass is 16.5. The molecule has 0 atom stereocenters. The van der Waals surface area contributed by atoms with Crippen LogP contribution >= 0.6 is 0 Å². The Morgan fingerprint density at radius 3 is 2.00 bits per heavy atom. The van der Waals surface area contributed by atoms with Gasteiger partial charge >= 0.3 is 0 Å². The molecule has 22 heavy (non-hydrogen) atoms. The van der Waals surface area contributed by atoms with E-state index < -0.39 is 0 Å². The first-order valence-electron chi connectivity index (χ1n) is 7.85. The quantitative estimate of drug-likeness (QED) is 0.868. The van der Waals surface area contributed by atoms with Crippen LogP contribution in [0.1, 0.15) is 0 Å². The summed E-state index contributed by atoms with van der Waals surface area (Å²) in [6.45, 7) is 5.72. The van der Waals surface area contributed by atoms with E-state index >= 15 is 0 Å². The molecule has 4 heteroatoms. The van der Waals surface area contributed by atoms with Crippen LogP contribution in [0.2, 0.25) is 0 Å². The minimum atomic E-state index is 0.844. The van der Waals surface area contributed by atoms with Crippen molar-refractivity contribution in [2.45, 2.75) is 0 Å². The van der Waals surface area contributed by atoms with Gasteiger partial charge < -0.3 is 14.4 Å². The van der Waals surface area contributed by atoms with E-state index in [9.17, 15) is 0 Å². The first kappa shape index (κ1) is 13.6. The number of hydrogen-bond donors (Lipinski definition) is 0.